The van der Waals surface area contributed by atoms with Gasteiger partial charge in [0.1, 0.15) is 5.75 Å². The Labute approximate surface area is 108 Å². The van der Waals surface area contributed by atoms with E-state index >= 15 is 0 Å². The molecule has 0 atom stereocenters. The number of nitrogens with one attached hydrogen (secondary N) is 1. The van der Waals surface area contributed by atoms with Gasteiger partial charge in [-0.2, -0.15) is 0 Å². The standard InChI is InChI=1S/C15H21NO2/c1-11-7-12(3-6-14(11)17-2)15(9-18-10-15)8-16-13-4-5-13/h3,6-7,13,16H,4-5,8-10H2,1-2H3. The highest BCUT2D eigenvalue weighted by Gasteiger charge is 2.41. The lowest BCUT2D eigenvalue weighted by Crippen LogP contribution is -2.53. The third-order valence-electron chi connectivity index (χ3n) is 4.07. The van der Waals surface area contributed by atoms with Crippen LogP contribution in [-0.4, -0.2) is 32.9 Å². The van der Waals surface area contributed by atoms with Crippen molar-refractivity contribution in [2.45, 2.75) is 31.2 Å². The highest BCUT2D eigenvalue weighted by molar-refractivity contribution is 5.40. The molecule has 1 heterocycles. The summed E-state index contributed by atoms with van der Waals surface area (Å²) in [7, 11) is 1.72. The van der Waals surface area contributed by atoms with Gasteiger partial charge in [0.15, 0.2) is 0 Å². The molecular weight excluding hydrogens is 226 g/mol. The molecule has 1 N–H and O–H groups in total. The molecule has 1 aromatic rings. The second-order valence-electron chi connectivity index (χ2n) is 5.61. The van der Waals surface area contributed by atoms with E-state index in [9.17, 15) is 0 Å². The first-order chi connectivity index (χ1) is 8.73. The number of benzene rings is 1. The Balaban J connectivity index is 1.79. The van der Waals surface area contributed by atoms with Gasteiger partial charge in [-0.05, 0) is 37.0 Å². The Hall–Kier alpha value is -1.06. The highest BCUT2D eigenvalue weighted by Crippen LogP contribution is 2.35. The highest BCUT2D eigenvalue weighted by atomic mass is 16.5. The number of ether oxygens (including phenoxy) is 2. The van der Waals surface area contributed by atoms with Gasteiger partial charge in [0.25, 0.3) is 0 Å². The average Bonchev–Trinajstić information content (AvgIpc) is 3.12. The van der Waals surface area contributed by atoms with E-state index in [1.807, 2.05) is 0 Å². The van der Waals surface area contributed by atoms with Gasteiger partial charge < -0.3 is 14.8 Å². The van der Waals surface area contributed by atoms with Gasteiger partial charge in [0, 0.05) is 12.6 Å². The van der Waals surface area contributed by atoms with Crippen molar-refractivity contribution < 1.29 is 9.47 Å². The van der Waals surface area contributed by atoms with E-state index in [1.165, 1.54) is 24.0 Å². The van der Waals surface area contributed by atoms with E-state index < -0.39 is 0 Å². The van der Waals surface area contributed by atoms with Crippen molar-refractivity contribution in [3.63, 3.8) is 0 Å². The molecule has 1 aromatic carbocycles. The van der Waals surface area contributed by atoms with E-state index in [2.05, 4.69) is 30.4 Å². The summed E-state index contributed by atoms with van der Waals surface area (Å²) in [5, 5.41) is 3.63. The molecule has 2 fully saturated rings. The molecule has 1 saturated heterocycles. The number of rotatable bonds is 5. The van der Waals surface area contributed by atoms with Crippen molar-refractivity contribution in [2.75, 3.05) is 26.9 Å². The third-order valence-corrected chi connectivity index (χ3v) is 4.07. The van der Waals surface area contributed by atoms with Crippen LogP contribution in [0.4, 0.5) is 0 Å². The van der Waals surface area contributed by atoms with Crippen LogP contribution in [0, 0.1) is 6.92 Å². The molecule has 0 spiro atoms. The van der Waals surface area contributed by atoms with Crippen LogP contribution < -0.4 is 10.1 Å². The zero-order valence-electron chi connectivity index (χ0n) is 11.2. The van der Waals surface area contributed by atoms with Gasteiger partial charge in [-0.15, -0.1) is 0 Å². The third kappa shape index (κ3) is 2.13. The van der Waals surface area contributed by atoms with Crippen molar-refractivity contribution in [1.82, 2.24) is 5.32 Å². The first kappa shape index (κ1) is 12.0. The molecule has 1 aliphatic carbocycles. The van der Waals surface area contributed by atoms with Crippen LogP contribution in [0.5, 0.6) is 5.75 Å². The molecule has 3 nitrogen and oxygen atoms in total. The van der Waals surface area contributed by atoms with Gasteiger partial charge in [-0.1, -0.05) is 12.1 Å². The van der Waals surface area contributed by atoms with Crippen molar-refractivity contribution in [2.24, 2.45) is 0 Å². The zero-order valence-corrected chi connectivity index (χ0v) is 11.2. The minimum Gasteiger partial charge on any atom is -0.496 e. The Kier molecular flexibility index (Phi) is 3.04. The molecule has 0 unspecified atom stereocenters. The van der Waals surface area contributed by atoms with Crippen molar-refractivity contribution >= 4 is 0 Å². The van der Waals surface area contributed by atoms with Crippen LogP contribution in [0.2, 0.25) is 0 Å². The van der Waals surface area contributed by atoms with E-state index in [4.69, 9.17) is 9.47 Å². The molecule has 2 aliphatic rings. The Morgan fingerprint density at radius 1 is 1.39 bits per heavy atom. The fraction of sp³-hybridized carbons (Fsp3) is 0.600. The summed E-state index contributed by atoms with van der Waals surface area (Å²) in [6.07, 6.45) is 2.66. The van der Waals surface area contributed by atoms with E-state index in [1.54, 1.807) is 7.11 Å². The van der Waals surface area contributed by atoms with E-state index in [-0.39, 0.29) is 5.41 Å². The Bertz CT molecular complexity index is 436. The topological polar surface area (TPSA) is 30.5 Å². The summed E-state index contributed by atoms with van der Waals surface area (Å²) in [5.41, 5.74) is 2.76. The van der Waals surface area contributed by atoms with Crippen molar-refractivity contribution in [3.8, 4) is 5.75 Å². The quantitative estimate of drug-likeness (QED) is 0.863. The maximum absolute atomic E-state index is 5.47. The predicted molar refractivity (Wildman–Crippen MR) is 71.3 cm³/mol. The van der Waals surface area contributed by atoms with Crippen LogP contribution >= 0.6 is 0 Å². The van der Waals surface area contributed by atoms with Gasteiger partial charge in [-0.3, -0.25) is 0 Å². The second-order valence-corrected chi connectivity index (χ2v) is 5.61. The van der Waals surface area contributed by atoms with Crippen LogP contribution in [0.15, 0.2) is 18.2 Å². The summed E-state index contributed by atoms with van der Waals surface area (Å²) < 4.78 is 10.8. The summed E-state index contributed by atoms with van der Waals surface area (Å²) in [6.45, 7) is 4.80. The molecular formula is C15H21NO2. The van der Waals surface area contributed by atoms with Crippen molar-refractivity contribution in [3.05, 3.63) is 29.3 Å². The van der Waals surface area contributed by atoms with E-state index in [0.29, 0.717) is 0 Å². The molecule has 1 aliphatic heterocycles. The summed E-state index contributed by atoms with van der Waals surface area (Å²) in [5.74, 6) is 0.962. The first-order valence-corrected chi connectivity index (χ1v) is 6.70. The average molecular weight is 247 g/mol. The van der Waals surface area contributed by atoms with Gasteiger partial charge in [0.05, 0.1) is 25.7 Å². The van der Waals surface area contributed by atoms with Crippen LogP contribution in [0.1, 0.15) is 24.0 Å². The molecule has 3 rings (SSSR count). The van der Waals surface area contributed by atoms with Gasteiger partial charge in [0.2, 0.25) is 0 Å². The number of methoxy groups -OCH3 is 1. The smallest absolute Gasteiger partial charge is 0.121 e. The summed E-state index contributed by atoms with van der Waals surface area (Å²) in [6, 6.07) is 7.25. The lowest BCUT2D eigenvalue weighted by molar-refractivity contribution is -0.0592. The van der Waals surface area contributed by atoms with E-state index in [0.717, 1.165) is 31.5 Å². The van der Waals surface area contributed by atoms with Gasteiger partial charge >= 0.3 is 0 Å². The molecule has 0 aromatic heterocycles. The maximum Gasteiger partial charge on any atom is 0.121 e. The van der Waals surface area contributed by atoms with Crippen LogP contribution in [0.3, 0.4) is 0 Å². The maximum atomic E-state index is 5.47. The minimum atomic E-state index is 0.180. The number of hydrogen-bond donors (Lipinski definition) is 1. The largest absolute Gasteiger partial charge is 0.496 e. The lowest BCUT2D eigenvalue weighted by Gasteiger charge is -2.42. The molecule has 18 heavy (non-hydrogen) atoms. The molecule has 98 valence electrons. The monoisotopic (exact) mass is 247 g/mol. The van der Waals surface area contributed by atoms with Crippen LogP contribution in [0.25, 0.3) is 0 Å². The van der Waals surface area contributed by atoms with Crippen molar-refractivity contribution in [1.29, 1.82) is 0 Å². The fourth-order valence-electron chi connectivity index (χ4n) is 2.55. The predicted octanol–water partition coefficient (Wildman–Crippen LogP) is 2.02. The SMILES string of the molecule is COc1ccc(C2(CNC3CC3)COC2)cc1C. The van der Waals surface area contributed by atoms with Gasteiger partial charge in [-0.25, -0.2) is 0 Å². The molecule has 0 bridgehead atoms. The Morgan fingerprint density at radius 2 is 2.17 bits per heavy atom. The lowest BCUT2D eigenvalue weighted by atomic mass is 9.78. The summed E-state index contributed by atoms with van der Waals surface area (Å²) in [4.78, 5) is 0. The number of aryl methyl sites for hydroxylation is 1. The molecule has 0 amide bonds. The second kappa shape index (κ2) is 4.56. The molecule has 3 heteroatoms. The Morgan fingerprint density at radius 3 is 2.67 bits per heavy atom. The minimum absolute atomic E-state index is 0.180. The van der Waals surface area contributed by atoms with Crippen LogP contribution in [-0.2, 0) is 10.2 Å². The fourth-order valence-corrected chi connectivity index (χ4v) is 2.55. The molecule has 0 radical (unpaired) electrons. The number of hydrogen-bond acceptors (Lipinski definition) is 3. The molecule has 1 saturated carbocycles. The summed E-state index contributed by atoms with van der Waals surface area (Å²) >= 11 is 0. The zero-order chi connectivity index (χ0) is 12.6. The first-order valence-electron chi connectivity index (χ1n) is 6.70. The normalized spacial score (nSPS) is 21.4.